The highest BCUT2D eigenvalue weighted by Gasteiger charge is 2.08. The molecule has 2 aromatic rings. The summed E-state index contributed by atoms with van der Waals surface area (Å²) in [6, 6.07) is 10.7. The van der Waals surface area contributed by atoms with E-state index >= 15 is 0 Å². The molecule has 130 valence electrons. The molecule has 0 atom stereocenters. The van der Waals surface area contributed by atoms with Crippen LogP contribution in [0.2, 0.25) is 0 Å². The summed E-state index contributed by atoms with van der Waals surface area (Å²) in [7, 11) is 3.22. The van der Waals surface area contributed by atoms with Gasteiger partial charge in [-0.05, 0) is 55.0 Å². The van der Waals surface area contributed by atoms with Crippen LogP contribution in [0.5, 0.6) is 17.2 Å². The van der Waals surface area contributed by atoms with Gasteiger partial charge in [0.1, 0.15) is 23.9 Å². The van der Waals surface area contributed by atoms with Gasteiger partial charge in [-0.25, -0.2) is 0 Å². The SMILES string of the molecule is C=CCOc1ccc(C(=O)C=Cc2cc(OC)c(C)c(OC)c2)cc1. The van der Waals surface area contributed by atoms with Crippen LogP contribution in [0.4, 0.5) is 0 Å². The maximum atomic E-state index is 12.3. The van der Waals surface area contributed by atoms with Gasteiger partial charge in [0.15, 0.2) is 5.78 Å². The Morgan fingerprint density at radius 2 is 1.68 bits per heavy atom. The topological polar surface area (TPSA) is 44.8 Å². The molecule has 2 aromatic carbocycles. The Bertz CT molecular complexity index is 748. The molecular weight excluding hydrogens is 316 g/mol. The summed E-state index contributed by atoms with van der Waals surface area (Å²) in [5.41, 5.74) is 2.34. The summed E-state index contributed by atoms with van der Waals surface area (Å²) >= 11 is 0. The lowest BCUT2D eigenvalue weighted by atomic mass is 10.1. The highest BCUT2D eigenvalue weighted by molar-refractivity contribution is 6.06. The van der Waals surface area contributed by atoms with Crippen LogP contribution >= 0.6 is 0 Å². The van der Waals surface area contributed by atoms with E-state index in [0.29, 0.717) is 17.9 Å². The van der Waals surface area contributed by atoms with Crippen LogP contribution in [0.15, 0.2) is 55.1 Å². The van der Waals surface area contributed by atoms with Gasteiger partial charge in [0.2, 0.25) is 0 Å². The van der Waals surface area contributed by atoms with Gasteiger partial charge in [0.05, 0.1) is 14.2 Å². The molecule has 4 nitrogen and oxygen atoms in total. The molecule has 0 radical (unpaired) electrons. The number of hydrogen-bond acceptors (Lipinski definition) is 4. The Morgan fingerprint density at radius 3 is 2.20 bits per heavy atom. The van der Waals surface area contributed by atoms with E-state index in [9.17, 15) is 4.79 Å². The molecule has 0 spiro atoms. The van der Waals surface area contributed by atoms with Crippen molar-refractivity contribution in [3.63, 3.8) is 0 Å². The van der Waals surface area contributed by atoms with Crippen LogP contribution < -0.4 is 14.2 Å². The number of ether oxygens (including phenoxy) is 3. The van der Waals surface area contributed by atoms with Gasteiger partial charge < -0.3 is 14.2 Å². The Labute approximate surface area is 148 Å². The van der Waals surface area contributed by atoms with Crippen molar-refractivity contribution in [1.82, 2.24) is 0 Å². The molecule has 2 rings (SSSR count). The third kappa shape index (κ3) is 4.73. The first kappa shape index (κ1) is 18.3. The molecule has 0 fully saturated rings. The highest BCUT2D eigenvalue weighted by atomic mass is 16.5. The monoisotopic (exact) mass is 338 g/mol. The lowest BCUT2D eigenvalue weighted by molar-refractivity contribution is 0.104. The molecule has 0 aliphatic rings. The van der Waals surface area contributed by atoms with Gasteiger partial charge >= 0.3 is 0 Å². The second-order valence-electron chi connectivity index (χ2n) is 5.37. The Kier molecular flexibility index (Phi) is 6.40. The smallest absolute Gasteiger partial charge is 0.185 e. The normalized spacial score (nSPS) is 10.5. The zero-order valence-corrected chi connectivity index (χ0v) is 14.7. The number of carbonyl (C=O) groups is 1. The molecular formula is C21H22O4. The molecule has 0 heterocycles. The summed E-state index contributed by atoms with van der Waals surface area (Å²) in [6.07, 6.45) is 4.95. The van der Waals surface area contributed by atoms with Crippen LogP contribution in [0.1, 0.15) is 21.5 Å². The third-order valence-electron chi connectivity index (χ3n) is 3.71. The first-order chi connectivity index (χ1) is 12.1. The van der Waals surface area contributed by atoms with Crippen molar-refractivity contribution in [3.05, 3.63) is 71.8 Å². The maximum Gasteiger partial charge on any atom is 0.185 e. The van der Waals surface area contributed by atoms with E-state index in [1.165, 1.54) is 6.08 Å². The second kappa shape index (κ2) is 8.73. The Balaban J connectivity index is 2.15. The standard InChI is InChI=1S/C21H22O4/c1-5-12-25-18-9-7-17(8-10-18)19(22)11-6-16-13-20(23-3)15(2)21(14-16)24-4/h5-11,13-14H,1,12H2,2-4H3. The lowest BCUT2D eigenvalue weighted by Gasteiger charge is -2.10. The summed E-state index contributed by atoms with van der Waals surface area (Å²) in [5, 5.41) is 0. The number of carbonyl (C=O) groups excluding carboxylic acids is 1. The van der Waals surface area contributed by atoms with E-state index in [0.717, 1.165) is 22.6 Å². The number of ketones is 1. The molecule has 0 bridgehead atoms. The van der Waals surface area contributed by atoms with Crippen LogP contribution in [0.25, 0.3) is 6.08 Å². The van der Waals surface area contributed by atoms with Crippen LogP contribution in [0.3, 0.4) is 0 Å². The van der Waals surface area contributed by atoms with Gasteiger partial charge in [-0.1, -0.05) is 18.7 Å². The Hall–Kier alpha value is -3.01. The van der Waals surface area contributed by atoms with Crippen molar-refractivity contribution in [2.75, 3.05) is 20.8 Å². The first-order valence-corrected chi connectivity index (χ1v) is 7.87. The molecule has 4 heteroatoms. The zero-order valence-electron chi connectivity index (χ0n) is 14.7. The predicted molar refractivity (Wildman–Crippen MR) is 99.8 cm³/mol. The van der Waals surface area contributed by atoms with Crippen LogP contribution in [0, 0.1) is 6.92 Å². The fourth-order valence-electron chi connectivity index (χ4n) is 2.34. The van der Waals surface area contributed by atoms with Crippen molar-refractivity contribution < 1.29 is 19.0 Å². The van der Waals surface area contributed by atoms with Crippen molar-refractivity contribution in [2.24, 2.45) is 0 Å². The minimum absolute atomic E-state index is 0.0891. The predicted octanol–water partition coefficient (Wildman–Crippen LogP) is 4.47. The van der Waals surface area contributed by atoms with Gasteiger partial charge in [-0.15, -0.1) is 0 Å². The van der Waals surface area contributed by atoms with Crippen LogP contribution in [-0.4, -0.2) is 26.6 Å². The molecule has 0 aliphatic carbocycles. The molecule has 0 saturated heterocycles. The van der Waals surface area contributed by atoms with E-state index in [2.05, 4.69) is 6.58 Å². The van der Waals surface area contributed by atoms with E-state index < -0.39 is 0 Å². The number of benzene rings is 2. The number of rotatable bonds is 8. The quantitative estimate of drug-likeness (QED) is 0.405. The summed E-state index contributed by atoms with van der Waals surface area (Å²) in [5.74, 6) is 2.05. The van der Waals surface area contributed by atoms with E-state index in [1.54, 1.807) is 50.6 Å². The van der Waals surface area contributed by atoms with E-state index in [1.807, 2.05) is 19.1 Å². The number of allylic oxidation sites excluding steroid dienone is 1. The van der Waals surface area contributed by atoms with Crippen molar-refractivity contribution >= 4 is 11.9 Å². The molecule has 0 aliphatic heterocycles. The van der Waals surface area contributed by atoms with Crippen molar-refractivity contribution in [1.29, 1.82) is 0 Å². The average Bonchev–Trinajstić information content (AvgIpc) is 2.65. The van der Waals surface area contributed by atoms with E-state index in [-0.39, 0.29) is 5.78 Å². The maximum absolute atomic E-state index is 12.3. The van der Waals surface area contributed by atoms with Crippen molar-refractivity contribution in [3.8, 4) is 17.2 Å². The van der Waals surface area contributed by atoms with Gasteiger partial charge in [-0.3, -0.25) is 4.79 Å². The summed E-state index contributed by atoms with van der Waals surface area (Å²) in [4.78, 5) is 12.3. The van der Waals surface area contributed by atoms with Gasteiger partial charge in [0, 0.05) is 11.1 Å². The summed E-state index contributed by atoms with van der Waals surface area (Å²) < 4.78 is 16.1. The number of hydrogen-bond donors (Lipinski definition) is 0. The molecule has 0 saturated carbocycles. The minimum atomic E-state index is -0.0891. The molecule has 0 amide bonds. The first-order valence-electron chi connectivity index (χ1n) is 7.87. The van der Waals surface area contributed by atoms with Gasteiger partial charge in [0.25, 0.3) is 0 Å². The molecule has 0 unspecified atom stereocenters. The highest BCUT2D eigenvalue weighted by Crippen LogP contribution is 2.30. The second-order valence-corrected chi connectivity index (χ2v) is 5.37. The Morgan fingerprint density at radius 1 is 1.08 bits per heavy atom. The van der Waals surface area contributed by atoms with Crippen molar-refractivity contribution in [2.45, 2.75) is 6.92 Å². The fourth-order valence-corrected chi connectivity index (χ4v) is 2.34. The largest absolute Gasteiger partial charge is 0.496 e. The fraction of sp³-hybridized carbons (Fsp3) is 0.190. The third-order valence-corrected chi connectivity index (χ3v) is 3.71. The molecule has 0 N–H and O–H groups in total. The lowest BCUT2D eigenvalue weighted by Crippen LogP contribution is -1.97. The summed E-state index contributed by atoms with van der Waals surface area (Å²) in [6.45, 7) is 5.96. The molecule has 25 heavy (non-hydrogen) atoms. The number of methoxy groups -OCH3 is 2. The minimum Gasteiger partial charge on any atom is -0.496 e. The van der Waals surface area contributed by atoms with Gasteiger partial charge in [-0.2, -0.15) is 0 Å². The average molecular weight is 338 g/mol. The zero-order chi connectivity index (χ0) is 18.2. The van der Waals surface area contributed by atoms with E-state index in [4.69, 9.17) is 14.2 Å². The van der Waals surface area contributed by atoms with Crippen LogP contribution in [-0.2, 0) is 0 Å². The molecule has 0 aromatic heterocycles.